The van der Waals surface area contributed by atoms with E-state index in [2.05, 4.69) is 29.7 Å². The first kappa shape index (κ1) is 21.4. The Bertz CT molecular complexity index is 860. The summed E-state index contributed by atoms with van der Waals surface area (Å²) in [5, 5.41) is 11.6. The second-order valence-corrected chi connectivity index (χ2v) is 8.73. The SMILES string of the molecule is O=C1[C@H](Cc2ccc(O)cc2)N(NCCc2ccccc2)C=CN1CC1CCCCC1. The molecule has 1 saturated carbocycles. The van der Waals surface area contributed by atoms with E-state index in [-0.39, 0.29) is 17.7 Å². The molecule has 1 atom stereocenters. The molecule has 164 valence electrons. The van der Waals surface area contributed by atoms with Gasteiger partial charge in [0.1, 0.15) is 11.8 Å². The summed E-state index contributed by atoms with van der Waals surface area (Å²) in [6, 6.07) is 17.2. The molecule has 0 saturated heterocycles. The molecule has 0 spiro atoms. The average Bonchev–Trinajstić information content (AvgIpc) is 2.80. The van der Waals surface area contributed by atoms with E-state index in [0.29, 0.717) is 12.3 Å². The number of nitrogens with zero attached hydrogens (tertiary/aromatic N) is 2. The maximum absolute atomic E-state index is 13.5. The molecule has 2 aromatic rings. The van der Waals surface area contributed by atoms with E-state index in [1.54, 1.807) is 12.1 Å². The number of aromatic hydroxyl groups is 1. The summed E-state index contributed by atoms with van der Waals surface area (Å²) in [7, 11) is 0. The zero-order valence-corrected chi connectivity index (χ0v) is 18.1. The van der Waals surface area contributed by atoms with Gasteiger partial charge in [0, 0.05) is 31.9 Å². The lowest BCUT2D eigenvalue weighted by atomic mass is 9.88. The smallest absolute Gasteiger partial charge is 0.251 e. The summed E-state index contributed by atoms with van der Waals surface area (Å²) >= 11 is 0. The molecule has 1 aliphatic carbocycles. The van der Waals surface area contributed by atoms with Crippen LogP contribution in [0, 0.1) is 5.92 Å². The maximum Gasteiger partial charge on any atom is 0.251 e. The van der Waals surface area contributed by atoms with Crippen molar-refractivity contribution in [3.8, 4) is 5.75 Å². The molecule has 2 aromatic carbocycles. The number of phenols is 1. The van der Waals surface area contributed by atoms with Crippen molar-refractivity contribution >= 4 is 5.91 Å². The normalized spacial score (nSPS) is 19.7. The van der Waals surface area contributed by atoms with Crippen LogP contribution in [0.3, 0.4) is 0 Å². The number of carbonyl (C=O) groups excluding carboxylic acids is 1. The predicted octanol–water partition coefficient (Wildman–Crippen LogP) is 4.25. The quantitative estimate of drug-likeness (QED) is 0.672. The highest BCUT2D eigenvalue weighted by Gasteiger charge is 2.32. The highest BCUT2D eigenvalue weighted by Crippen LogP contribution is 2.26. The van der Waals surface area contributed by atoms with Crippen LogP contribution in [0.1, 0.15) is 43.2 Å². The second kappa shape index (κ2) is 10.5. The molecule has 0 aromatic heterocycles. The van der Waals surface area contributed by atoms with Crippen LogP contribution in [0.2, 0.25) is 0 Å². The predicted molar refractivity (Wildman–Crippen MR) is 123 cm³/mol. The Morgan fingerprint density at radius 1 is 0.903 bits per heavy atom. The Morgan fingerprint density at radius 2 is 1.65 bits per heavy atom. The van der Waals surface area contributed by atoms with E-state index in [0.717, 1.165) is 25.1 Å². The molecule has 1 fully saturated rings. The minimum absolute atomic E-state index is 0.147. The molecule has 4 rings (SSSR count). The number of benzene rings is 2. The van der Waals surface area contributed by atoms with Gasteiger partial charge in [-0.15, -0.1) is 0 Å². The minimum atomic E-state index is -0.297. The molecule has 0 unspecified atom stereocenters. The number of phenolic OH excluding ortho intramolecular Hbond substituents is 1. The summed E-state index contributed by atoms with van der Waals surface area (Å²) in [6.07, 6.45) is 11.8. The van der Waals surface area contributed by atoms with E-state index in [1.165, 1.54) is 37.7 Å². The molecule has 5 nitrogen and oxygen atoms in total. The van der Waals surface area contributed by atoms with Crippen LogP contribution >= 0.6 is 0 Å². The average molecular weight is 420 g/mol. The standard InChI is InChI=1S/C26H33N3O2/c30-24-13-11-22(12-14-24)19-25-26(31)28(20-23-9-5-2-6-10-23)17-18-29(25)27-16-15-21-7-3-1-4-8-21/h1,3-4,7-8,11-14,17-18,23,25,27,30H,2,5-6,9-10,15-16,19-20H2/t25-/m0/s1. The number of carbonyl (C=O) groups is 1. The van der Waals surface area contributed by atoms with Crippen LogP contribution in [0.15, 0.2) is 67.0 Å². The lowest BCUT2D eigenvalue weighted by Crippen LogP contribution is -2.55. The lowest BCUT2D eigenvalue weighted by molar-refractivity contribution is -0.136. The van der Waals surface area contributed by atoms with Crippen molar-refractivity contribution in [3.05, 3.63) is 78.1 Å². The topological polar surface area (TPSA) is 55.8 Å². The van der Waals surface area contributed by atoms with Crippen LogP contribution in [0.5, 0.6) is 5.75 Å². The first-order valence-electron chi connectivity index (χ1n) is 11.5. The van der Waals surface area contributed by atoms with Crippen LogP contribution < -0.4 is 5.43 Å². The van der Waals surface area contributed by atoms with Gasteiger partial charge in [-0.05, 0) is 48.4 Å². The highest BCUT2D eigenvalue weighted by atomic mass is 16.3. The molecule has 1 amide bonds. The summed E-state index contributed by atoms with van der Waals surface area (Å²) in [5.41, 5.74) is 5.77. The molecule has 1 aliphatic heterocycles. The molecule has 2 N–H and O–H groups in total. The Kier molecular flexibility index (Phi) is 7.26. The zero-order chi connectivity index (χ0) is 21.5. The van der Waals surface area contributed by atoms with E-state index in [1.807, 2.05) is 40.5 Å². The van der Waals surface area contributed by atoms with Gasteiger partial charge in [0.15, 0.2) is 0 Å². The second-order valence-electron chi connectivity index (χ2n) is 8.73. The van der Waals surface area contributed by atoms with Gasteiger partial charge in [0.2, 0.25) is 0 Å². The molecule has 2 aliphatic rings. The maximum atomic E-state index is 13.5. The van der Waals surface area contributed by atoms with Crippen molar-refractivity contribution in [1.82, 2.24) is 15.3 Å². The number of hydrogen-bond acceptors (Lipinski definition) is 4. The molecule has 5 heteroatoms. The van der Waals surface area contributed by atoms with E-state index >= 15 is 0 Å². The summed E-state index contributed by atoms with van der Waals surface area (Å²) in [5.74, 6) is 0.998. The number of nitrogens with one attached hydrogen (secondary N) is 1. The largest absolute Gasteiger partial charge is 0.508 e. The fourth-order valence-corrected chi connectivity index (χ4v) is 4.62. The highest BCUT2D eigenvalue weighted by molar-refractivity contribution is 5.84. The van der Waals surface area contributed by atoms with E-state index in [9.17, 15) is 9.90 Å². The number of hydrogen-bond donors (Lipinski definition) is 2. The number of amides is 1. The van der Waals surface area contributed by atoms with Gasteiger partial charge in [-0.1, -0.05) is 61.7 Å². The summed E-state index contributed by atoms with van der Waals surface area (Å²) < 4.78 is 0. The van der Waals surface area contributed by atoms with Gasteiger partial charge in [0.25, 0.3) is 5.91 Å². The lowest BCUT2D eigenvalue weighted by Gasteiger charge is -2.39. The molecule has 1 heterocycles. The molecular weight excluding hydrogens is 386 g/mol. The van der Waals surface area contributed by atoms with Crippen molar-refractivity contribution in [2.45, 2.75) is 51.0 Å². The first-order chi connectivity index (χ1) is 15.2. The third-order valence-corrected chi connectivity index (χ3v) is 6.41. The summed E-state index contributed by atoms with van der Waals surface area (Å²) in [4.78, 5) is 15.4. The molecular formula is C26H33N3O2. The van der Waals surface area contributed by atoms with Gasteiger partial charge in [-0.25, -0.2) is 5.43 Å². The Labute approximate surface area is 185 Å². The first-order valence-corrected chi connectivity index (χ1v) is 11.5. The van der Waals surface area contributed by atoms with Crippen LogP contribution in [0.4, 0.5) is 0 Å². The minimum Gasteiger partial charge on any atom is -0.508 e. The number of hydrazine groups is 1. The van der Waals surface area contributed by atoms with Crippen LogP contribution in [-0.4, -0.2) is 40.1 Å². The fourth-order valence-electron chi connectivity index (χ4n) is 4.62. The third kappa shape index (κ3) is 5.88. The van der Waals surface area contributed by atoms with Crippen molar-refractivity contribution in [1.29, 1.82) is 0 Å². The summed E-state index contributed by atoms with van der Waals surface area (Å²) in [6.45, 7) is 1.58. The monoisotopic (exact) mass is 419 g/mol. The van der Waals surface area contributed by atoms with E-state index in [4.69, 9.17) is 0 Å². The van der Waals surface area contributed by atoms with Gasteiger partial charge in [-0.2, -0.15) is 0 Å². The van der Waals surface area contributed by atoms with Crippen molar-refractivity contribution in [2.24, 2.45) is 5.92 Å². The van der Waals surface area contributed by atoms with Crippen molar-refractivity contribution in [2.75, 3.05) is 13.1 Å². The van der Waals surface area contributed by atoms with Gasteiger partial charge >= 0.3 is 0 Å². The fraction of sp³-hybridized carbons (Fsp3) is 0.423. The molecule has 0 radical (unpaired) electrons. The molecule has 31 heavy (non-hydrogen) atoms. The van der Waals surface area contributed by atoms with Crippen molar-refractivity contribution < 1.29 is 9.90 Å². The van der Waals surface area contributed by atoms with Gasteiger partial charge in [-0.3, -0.25) is 4.79 Å². The Morgan fingerprint density at radius 3 is 2.39 bits per heavy atom. The Balaban J connectivity index is 1.44. The van der Waals surface area contributed by atoms with Crippen LogP contribution in [0.25, 0.3) is 0 Å². The van der Waals surface area contributed by atoms with Crippen LogP contribution in [-0.2, 0) is 17.6 Å². The zero-order valence-electron chi connectivity index (χ0n) is 18.1. The van der Waals surface area contributed by atoms with Gasteiger partial charge < -0.3 is 15.0 Å². The van der Waals surface area contributed by atoms with Crippen molar-refractivity contribution in [3.63, 3.8) is 0 Å². The van der Waals surface area contributed by atoms with E-state index < -0.39 is 0 Å². The third-order valence-electron chi connectivity index (χ3n) is 6.41. The van der Waals surface area contributed by atoms with Gasteiger partial charge in [0.05, 0.1) is 0 Å². The molecule has 0 bridgehead atoms. The Hall–Kier alpha value is -2.79. The number of rotatable bonds is 8.